The zero-order valence-corrected chi connectivity index (χ0v) is 21.8. The van der Waals surface area contributed by atoms with E-state index in [1.54, 1.807) is 6.92 Å². The maximum atomic E-state index is 11.5. The second kappa shape index (κ2) is 8.95. The van der Waals surface area contributed by atoms with E-state index in [2.05, 4.69) is 59.8 Å². The molecule has 4 aliphatic rings. The Morgan fingerprint density at radius 2 is 1.69 bits per heavy atom. The highest BCUT2D eigenvalue weighted by Gasteiger charge is 2.58. The van der Waals surface area contributed by atoms with Gasteiger partial charge in [0.2, 0.25) is 0 Å². The van der Waals surface area contributed by atoms with E-state index in [0.29, 0.717) is 28.6 Å². The lowest BCUT2D eigenvalue weighted by atomic mass is 9.47. The normalized spacial score (nSPS) is 43.2. The highest BCUT2D eigenvalue weighted by molar-refractivity contribution is 5.66. The van der Waals surface area contributed by atoms with Crippen molar-refractivity contribution < 1.29 is 9.53 Å². The van der Waals surface area contributed by atoms with Crippen molar-refractivity contribution in [3.63, 3.8) is 0 Å². The smallest absolute Gasteiger partial charge is 0.302 e. The number of hydrogen-bond donors (Lipinski definition) is 0. The molecule has 0 radical (unpaired) electrons. The number of rotatable bonds is 5. The Kier molecular flexibility index (Phi) is 6.74. The number of carbonyl (C=O) groups is 1. The maximum absolute atomic E-state index is 11.5. The zero-order valence-electron chi connectivity index (χ0n) is 21.8. The Hall–Kier alpha value is -1.05. The van der Waals surface area contributed by atoms with E-state index in [-0.39, 0.29) is 12.1 Å². The Balaban J connectivity index is 1.51. The molecular formula is C30H48O2. The molecule has 4 aliphatic carbocycles. The molecule has 0 heterocycles. The van der Waals surface area contributed by atoms with E-state index >= 15 is 0 Å². The molecule has 3 saturated carbocycles. The first-order chi connectivity index (χ1) is 15.1. The molecule has 0 spiro atoms. The van der Waals surface area contributed by atoms with Gasteiger partial charge in [-0.25, -0.2) is 0 Å². The van der Waals surface area contributed by atoms with Crippen LogP contribution in [0.15, 0.2) is 23.8 Å². The van der Waals surface area contributed by atoms with E-state index in [1.165, 1.54) is 38.5 Å². The van der Waals surface area contributed by atoms with Crippen molar-refractivity contribution in [1.82, 2.24) is 0 Å². The molecule has 2 heteroatoms. The fraction of sp³-hybridized carbons (Fsp3) is 0.833. The molecule has 2 nitrogen and oxygen atoms in total. The van der Waals surface area contributed by atoms with Crippen LogP contribution in [-0.2, 0) is 9.53 Å². The predicted molar refractivity (Wildman–Crippen MR) is 133 cm³/mol. The number of esters is 1. The van der Waals surface area contributed by atoms with E-state index < -0.39 is 0 Å². The van der Waals surface area contributed by atoms with Gasteiger partial charge in [0.15, 0.2) is 0 Å². The third-order valence-electron chi connectivity index (χ3n) is 10.8. The average Bonchev–Trinajstić information content (AvgIpc) is 3.08. The lowest BCUT2D eigenvalue weighted by Crippen LogP contribution is -2.50. The minimum atomic E-state index is -0.109. The van der Waals surface area contributed by atoms with E-state index in [9.17, 15) is 4.79 Å². The third kappa shape index (κ3) is 4.14. The van der Waals surface area contributed by atoms with Crippen molar-refractivity contribution in [2.45, 2.75) is 106 Å². The molecule has 0 aromatic heterocycles. The Labute approximate surface area is 197 Å². The predicted octanol–water partition coefficient (Wildman–Crippen LogP) is 7.98. The largest absolute Gasteiger partial charge is 0.463 e. The van der Waals surface area contributed by atoms with E-state index in [4.69, 9.17) is 4.74 Å². The summed E-state index contributed by atoms with van der Waals surface area (Å²) < 4.78 is 5.64. The molecule has 0 aromatic rings. The van der Waals surface area contributed by atoms with Crippen LogP contribution in [0.25, 0.3) is 0 Å². The van der Waals surface area contributed by atoms with Crippen LogP contribution < -0.4 is 0 Å². The molecule has 0 aliphatic heterocycles. The first-order valence-electron chi connectivity index (χ1n) is 13.6. The molecule has 0 N–H and O–H groups in total. The molecule has 4 rings (SSSR count). The lowest BCUT2D eigenvalue weighted by molar-refractivity contribution is -0.152. The second-order valence-electron chi connectivity index (χ2n) is 12.8. The summed E-state index contributed by atoms with van der Waals surface area (Å²) in [7, 11) is 0. The van der Waals surface area contributed by atoms with Crippen molar-refractivity contribution >= 4 is 5.97 Å². The van der Waals surface area contributed by atoms with Crippen LogP contribution in [0, 0.1) is 52.3 Å². The van der Waals surface area contributed by atoms with Crippen LogP contribution in [0.4, 0.5) is 0 Å². The summed E-state index contributed by atoms with van der Waals surface area (Å²) in [5.74, 6) is 4.98. The number of carbonyl (C=O) groups excluding carboxylic acids is 1. The van der Waals surface area contributed by atoms with Gasteiger partial charge in [-0.05, 0) is 104 Å². The molecule has 0 bridgehead atoms. The van der Waals surface area contributed by atoms with Gasteiger partial charge in [-0.15, -0.1) is 0 Å². The van der Waals surface area contributed by atoms with Gasteiger partial charge >= 0.3 is 5.97 Å². The molecule has 0 unspecified atom stereocenters. The Morgan fingerprint density at radius 3 is 2.38 bits per heavy atom. The summed E-state index contributed by atoms with van der Waals surface area (Å²) in [6.45, 7) is 16.3. The quantitative estimate of drug-likeness (QED) is 0.320. The molecule has 0 saturated heterocycles. The summed E-state index contributed by atoms with van der Waals surface area (Å²) in [6, 6.07) is 0. The van der Waals surface area contributed by atoms with Crippen LogP contribution in [0.1, 0.15) is 99.8 Å². The van der Waals surface area contributed by atoms with Crippen molar-refractivity contribution in [3.05, 3.63) is 23.8 Å². The first-order valence-corrected chi connectivity index (χ1v) is 13.6. The minimum absolute atomic E-state index is 0.109. The third-order valence-corrected chi connectivity index (χ3v) is 10.8. The van der Waals surface area contributed by atoms with Gasteiger partial charge in [0.25, 0.3) is 0 Å². The number of hydrogen-bond acceptors (Lipinski definition) is 2. The minimum Gasteiger partial charge on any atom is -0.463 e. The molecule has 180 valence electrons. The molecule has 0 aromatic carbocycles. The number of allylic oxidation sites excluding steroid dienone is 4. The highest BCUT2D eigenvalue weighted by Crippen LogP contribution is 2.66. The second-order valence-corrected chi connectivity index (χ2v) is 12.8. The van der Waals surface area contributed by atoms with Crippen LogP contribution in [0.2, 0.25) is 0 Å². The Morgan fingerprint density at radius 1 is 1.00 bits per heavy atom. The monoisotopic (exact) mass is 440 g/mol. The fourth-order valence-electron chi connectivity index (χ4n) is 8.43. The standard InChI is InChI=1S/C30H48O2/c1-19(2)20(3)8-9-21(4)26-12-13-27-25-11-10-23-18-24(32-22(5)31)14-16-29(23,6)28(25)15-17-30(26,27)7/h8-9,11,19-21,23-24,26-28H,10,12-18H2,1-7H3/b9-8+/t20-,21+,23+,24+,26-,27+,28-,29+,30-/m0/s1. The van der Waals surface area contributed by atoms with Crippen molar-refractivity contribution in [2.24, 2.45) is 52.3 Å². The van der Waals surface area contributed by atoms with Gasteiger partial charge in [0, 0.05) is 6.92 Å². The zero-order chi connectivity index (χ0) is 23.3. The van der Waals surface area contributed by atoms with Crippen LogP contribution in [0.5, 0.6) is 0 Å². The van der Waals surface area contributed by atoms with Crippen molar-refractivity contribution in [1.29, 1.82) is 0 Å². The Bertz CT molecular complexity index is 763. The summed E-state index contributed by atoms with van der Waals surface area (Å²) in [6.07, 6.45) is 17.9. The summed E-state index contributed by atoms with van der Waals surface area (Å²) in [5, 5.41) is 0. The molecular weight excluding hydrogens is 392 g/mol. The van der Waals surface area contributed by atoms with Gasteiger partial charge in [-0.2, -0.15) is 0 Å². The summed E-state index contributed by atoms with van der Waals surface area (Å²) >= 11 is 0. The van der Waals surface area contributed by atoms with Crippen molar-refractivity contribution in [3.8, 4) is 0 Å². The van der Waals surface area contributed by atoms with Gasteiger partial charge in [-0.3, -0.25) is 4.79 Å². The highest BCUT2D eigenvalue weighted by atomic mass is 16.5. The van der Waals surface area contributed by atoms with E-state index in [1.807, 2.05) is 5.57 Å². The lowest BCUT2D eigenvalue weighted by Gasteiger charge is -2.58. The van der Waals surface area contributed by atoms with Gasteiger partial charge < -0.3 is 4.74 Å². The SMILES string of the molecule is CC(=O)O[C@@H]1CC[C@]2(C)[C@H](CC=C3[C@H]4CC[C@@H]([C@H](C)/C=C/[C@H](C)C(C)C)[C@]4(C)CC[C@@H]32)C1. The van der Waals surface area contributed by atoms with Crippen LogP contribution >= 0.6 is 0 Å². The van der Waals surface area contributed by atoms with E-state index in [0.717, 1.165) is 36.5 Å². The van der Waals surface area contributed by atoms with Crippen LogP contribution in [0.3, 0.4) is 0 Å². The van der Waals surface area contributed by atoms with Gasteiger partial charge in [0.1, 0.15) is 6.10 Å². The molecule has 3 fully saturated rings. The summed E-state index contributed by atoms with van der Waals surface area (Å²) in [5.41, 5.74) is 2.70. The van der Waals surface area contributed by atoms with Gasteiger partial charge in [-0.1, -0.05) is 65.3 Å². The molecule has 32 heavy (non-hydrogen) atoms. The van der Waals surface area contributed by atoms with Gasteiger partial charge in [0.05, 0.1) is 0 Å². The maximum Gasteiger partial charge on any atom is 0.302 e. The molecule has 9 atom stereocenters. The summed E-state index contributed by atoms with van der Waals surface area (Å²) in [4.78, 5) is 11.5. The topological polar surface area (TPSA) is 26.3 Å². The number of fused-ring (bicyclic) bond motifs is 5. The average molecular weight is 441 g/mol. The number of ether oxygens (including phenoxy) is 1. The fourth-order valence-corrected chi connectivity index (χ4v) is 8.43. The van der Waals surface area contributed by atoms with Crippen molar-refractivity contribution in [2.75, 3.05) is 0 Å². The first kappa shape index (κ1) is 24.1. The molecule has 0 amide bonds. The van der Waals surface area contributed by atoms with Crippen LogP contribution in [-0.4, -0.2) is 12.1 Å².